The first-order valence-corrected chi connectivity index (χ1v) is 4.66. The second-order valence-electron chi connectivity index (χ2n) is 3.14. The van der Waals surface area contributed by atoms with Crippen molar-refractivity contribution in [3.8, 4) is 0 Å². The summed E-state index contributed by atoms with van der Waals surface area (Å²) in [7, 11) is 1.44. The van der Waals surface area contributed by atoms with Gasteiger partial charge in [0.2, 0.25) is 11.7 Å². The quantitative estimate of drug-likeness (QED) is 0.515. The molecule has 0 fully saturated rings. The van der Waals surface area contributed by atoms with Crippen LogP contribution in [0.25, 0.3) is 0 Å². The minimum Gasteiger partial charge on any atom is -0.355 e. The fourth-order valence-electron chi connectivity index (χ4n) is 1.00. The van der Waals surface area contributed by atoms with Crippen LogP contribution in [0.15, 0.2) is 4.79 Å². The Morgan fingerprint density at radius 2 is 2.00 bits per heavy atom. The van der Waals surface area contributed by atoms with E-state index in [9.17, 15) is 14.4 Å². The average molecular weight is 227 g/mol. The van der Waals surface area contributed by atoms with Crippen molar-refractivity contribution in [2.24, 2.45) is 7.05 Å². The zero-order valence-corrected chi connectivity index (χ0v) is 9.03. The van der Waals surface area contributed by atoms with E-state index in [1.807, 2.05) is 0 Å². The van der Waals surface area contributed by atoms with Crippen LogP contribution in [0.1, 0.15) is 17.5 Å². The first-order valence-electron chi connectivity index (χ1n) is 4.66. The number of hydrogen-bond donors (Lipinski definition) is 3. The Morgan fingerprint density at radius 3 is 2.50 bits per heavy atom. The van der Waals surface area contributed by atoms with Crippen LogP contribution in [-0.2, 0) is 11.8 Å². The van der Waals surface area contributed by atoms with Gasteiger partial charge in [0.05, 0.1) is 0 Å². The van der Waals surface area contributed by atoms with Gasteiger partial charge in [0.25, 0.3) is 5.91 Å². The summed E-state index contributed by atoms with van der Waals surface area (Å²) in [6.07, 6.45) is 0. The van der Waals surface area contributed by atoms with Crippen LogP contribution in [0, 0.1) is 0 Å². The molecule has 1 aromatic heterocycles. The van der Waals surface area contributed by atoms with Gasteiger partial charge in [0.15, 0.2) is 0 Å². The number of hydrogen-bond acceptors (Lipinski definition) is 4. The Bertz CT molecular complexity index is 447. The number of carbonyl (C=O) groups is 2. The number of aromatic nitrogens is 3. The zero-order chi connectivity index (χ0) is 12.1. The highest BCUT2D eigenvalue weighted by Crippen LogP contribution is 1.82. The van der Waals surface area contributed by atoms with Gasteiger partial charge in [-0.3, -0.25) is 14.6 Å². The molecule has 2 amide bonds. The molecule has 0 saturated carbocycles. The first-order chi connectivity index (χ1) is 7.50. The monoisotopic (exact) mass is 227 g/mol. The van der Waals surface area contributed by atoms with E-state index in [0.29, 0.717) is 6.54 Å². The summed E-state index contributed by atoms with van der Waals surface area (Å²) >= 11 is 0. The van der Waals surface area contributed by atoms with Crippen molar-refractivity contribution in [1.82, 2.24) is 25.4 Å². The van der Waals surface area contributed by atoms with Crippen molar-refractivity contribution in [2.75, 3.05) is 13.1 Å². The molecule has 0 aromatic carbocycles. The number of H-pyrrole nitrogens is 1. The van der Waals surface area contributed by atoms with Gasteiger partial charge in [-0.2, -0.15) is 0 Å². The Hall–Kier alpha value is -2.12. The molecule has 0 saturated heterocycles. The minimum absolute atomic E-state index is 0.0460. The molecule has 0 atom stereocenters. The second-order valence-corrected chi connectivity index (χ2v) is 3.14. The highest BCUT2D eigenvalue weighted by Gasteiger charge is 2.10. The molecule has 88 valence electrons. The topological polar surface area (TPSA) is 109 Å². The highest BCUT2D eigenvalue weighted by molar-refractivity contribution is 5.90. The SMILES string of the molecule is CC(=O)NCCNC(=O)c1nn(C)c(=O)[nH]1. The third-order valence-electron chi connectivity index (χ3n) is 1.77. The van der Waals surface area contributed by atoms with E-state index < -0.39 is 11.6 Å². The molecule has 1 rings (SSSR count). The maximum Gasteiger partial charge on any atom is 0.343 e. The summed E-state index contributed by atoms with van der Waals surface area (Å²) in [5.74, 6) is -0.695. The summed E-state index contributed by atoms with van der Waals surface area (Å²) in [4.78, 5) is 35.2. The number of aryl methyl sites for hydroxylation is 1. The number of nitrogens with one attached hydrogen (secondary N) is 3. The van der Waals surface area contributed by atoms with E-state index in [4.69, 9.17) is 0 Å². The number of carbonyl (C=O) groups excluding carboxylic acids is 2. The van der Waals surface area contributed by atoms with Gasteiger partial charge in [-0.15, -0.1) is 5.10 Å². The fourth-order valence-corrected chi connectivity index (χ4v) is 1.00. The molecule has 0 unspecified atom stereocenters. The Balaban J connectivity index is 2.41. The Kier molecular flexibility index (Phi) is 3.81. The predicted octanol–water partition coefficient (Wildman–Crippen LogP) is -2.03. The molecule has 3 N–H and O–H groups in total. The minimum atomic E-state index is -0.483. The lowest BCUT2D eigenvalue weighted by Crippen LogP contribution is -2.34. The summed E-state index contributed by atoms with van der Waals surface area (Å²) in [6, 6.07) is 0. The lowest BCUT2D eigenvalue weighted by atomic mass is 10.5. The largest absolute Gasteiger partial charge is 0.355 e. The Morgan fingerprint density at radius 1 is 1.38 bits per heavy atom. The van der Waals surface area contributed by atoms with E-state index in [1.165, 1.54) is 14.0 Å². The third kappa shape index (κ3) is 3.23. The smallest absolute Gasteiger partial charge is 0.343 e. The normalized spacial score (nSPS) is 9.88. The lowest BCUT2D eigenvalue weighted by molar-refractivity contribution is -0.118. The zero-order valence-electron chi connectivity index (χ0n) is 9.03. The maximum atomic E-state index is 11.4. The molecule has 0 aliphatic heterocycles. The number of amides is 2. The van der Waals surface area contributed by atoms with Gasteiger partial charge >= 0.3 is 5.69 Å². The van der Waals surface area contributed by atoms with Crippen LogP contribution in [-0.4, -0.2) is 39.7 Å². The fraction of sp³-hybridized carbons (Fsp3) is 0.500. The van der Waals surface area contributed by atoms with Crippen LogP contribution in [0.3, 0.4) is 0 Å². The Labute approximate surface area is 91.0 Å². The van der Waals surface area contributed by atoms with Crippen molar-refractivity contribution in [2.45, 2.75) is 6.92 Å². The van der Waals surface area contributed by atoms with E-state index in [0.717, 1.165) is 4.68 Å². The molecule has 0 bridgehead atoms. The third-order valence-corrected chi connectivity index (χ3v) is 1.77. The summed E-state index contributed by atoms with van der Waals surface area (Å²) in [5, 5.41) is 8.69. The molecule has 0 aliphatic rings. The maximum absolute atomic E-state index is 11.4. The number of nitrogens with zero attached hydrogens (tertiary/aromatic N) is 2. The lowest BCUT2D eigenvalue weighted by Gasteiger charge is -2.02. The summed E-state index contributed by atoms with van der Waals surface area (Å²) < 4.78 is 1.03. The molecular weight excluding hydrogens is 214 g/mol. The van der Waals surface area contributed by atoms with Crippen molar-refractivity contribution in [3.05, 3.63) is 16.3 Å². The first kappa shape index (κ1) is 12.0. The van der Waals surface area contributed by atoms with Crippen LogP contribution in [0.5, 0.6) is 0 Å². The molecule has 1 aromatic rings. The van der Waals surface area contributed by atoms with E-state index in [-0.39, 0.29) is 18.3 Å². The molecule has 0 aliphatic carbocycles. The molecule has 0 radical (unpaired) electrons. The second kappa shape index (κ2) is 5.10. The summed E-state index contributed by atoms with van der Waals surface area (Å²) in [6.45, 7) is 1.99. The standard InChI is InChI=1S/C8H13N5O3/c1-5(14)9-3-4-10-7(15)6-11-8(16)13(2)12-6/h3-4H2,1-2H3,(H,9,14)(H,10,15)(H,11,12,16). The van der Waals surface area contributed by atoms with Crippen molar-refractivity contribution < 1.29 is 9.59 Å². The summed E-state index contributed by atoms with van der Waals surface area (Å²) in [5.41, 5.74) is -0.452. The predicted molar refractivity (Wildman–Crippen MR) is 54.8 cm³/mol. The number of aromatic amines is 1. The van der Waals surface area contributed by atoms with Crippen LogP contribution >= 0.6 is 0 Å². The molecule has 8 heteroatoms. The van der Waals surface area contributed by atoms with Crippen LogP contribution in [0.2, 0.25) is 0 Å². The number of rotatable bonds is 4. The van der Waals surface area contributed by atoms with Gasteiger partial charge < -0.3 is 10.6 Å². The van der Waals surface area contributed by atoms with E-state index in [2.05, 4.69) is 20.7 Å². The van der Waals surface area contributed by atoms with Crippen molar-refractivity contribution in [1.29, 1.82) is 0 Å². The van der Waals surface area contributed by atoms with Crippen molar-refractivity contribution in [3.63, 3.8) is 0 Å². The van der Waals surface area contributed by atoms with Gasteiger partial charge in [-0.1, -0.05) is 0 Å². The van der Waals surface area contributed by atoms with Crippen molar-refractivity contribution >= 4 is 11.8 Å². The molecule has 16 heavy (non-hydrogen) atoms. The van der Waals surface area contributed by atoms with Gasteiger partial charge in [-0.25, -0.2) is 9.48 Å². The average Bonchev–Trinajstić information content (AvgIpc) is 2.54. The molecule has 8 nitrogen and oxygen atoms in total. The molecule has 0 spiro atoms. The molecular formula is C8H13N5O3. The van der Waals surface area contributed by atoms with Gasteiger partial charge in [-0.05, 0) is 0 Å². The van der Waals surface area contributed by atoms with E-state index in [1.54, 1.807) is 0 Å². The van der Waals surface area contributed by atoms with E-state index >= 15 is 0 Å². The van der Waals surface area contributed by atoms with Gasteiger partial charge in [0, 0.05) is 27.1 Å². The highest BCUT2D eigenvalue weighted by atomic mass is 16.2. The van der Waals surface area contributed by atoms with Crippen LogP contribution in [0.4, 0.5) is 0 Å². The molecule has 1 heterocycles. The van der Waals surface area contributed by atoms with Crippen LogP contribution < -0.4 is 16.3 Å². The van der Waals surface area contributed by atoms with Gasteiger partial charge in [0.1, 0.15) is 0 Å².